The van der Waals surface area contributed by atoms with Crippen LogP contribution in [-0.2, 0) is 0 Å². The Labute approximate surface area is 133 Å². The molecule has 0 saturated carbocycles. The van der Waals surface area contributed by atoms with Crippen LogP contribution in [0.4, 0.5) is 0 Å². The summed E-state index contributed by atoms with van der Waals surface area (Å²) in [4.78, 5) is 4.12. The zero-order valence-electron chi connectivity index (χ0n) is 10.4. The first-order chi connectivity index (χ1) is 9.65. The number of aliphatic hydroxyl groups excluding tert-OH is 1. The van der Waals surface area contributed by atoms with Crippen LogP contribution in [0.25, 0.3) is 10.8 Å². The van der Waals surface area contributed by atoms with Crippen molar-refractivity contribution in [2.75, 3.05) is 0 Å². The van der Waals surface area contributed by atoms with E-state index in [1.807, 2.05) is 48.7 Å². The van der Waals surface area contributed by atoms with Gasteiger partial charge < -0.3 is 5.11 Å². The fourth-order valence-electron chi connectivity index (χ4n) is 2.30. The van der Waals surface area contributed by atoms with E-state index in [1.54, 1.807) is 6.20 Å². The number of rotatable bonds is 2. The maximum Gasteiger partial charge on any atom is 0.105 e. The Morgan fingerprint density at radius 2 is 1.75 bits per heavy atom. The van der Waals surface area contributed by atoms with Gasteiger partial charge in [0.1, 0.15) is 6.10 Å². The molecular weight excluding hydrogens is 382 g/mol. The molecule has 1 aromatic heterocycles. The molecule has 0 aliphatic carbocycles. The molecule has 0 fully saturated rings. The summed E-state index contributed by atoms with van der Waals surface area (Å²) in [5.74, 6) is 0. The molecule has 3 rings (SSSR count). The van der Waals surface area contributed by atoms with Gasteiger partial charge in [0.15, 0.2) is 0 Å². The number of halogens is 2. The SMILES string of the molecule is OC(c1cc(Br)cc(Br)c1)c1cccc2cnccc12. The number of aromatic nitrogens is 1. The summed E-state index contributed by atoms with van der Waals surface area (Å²) in [6.45, 7) is 0. The van der Waals surface area contributed by atoms with Crippen LogP contribution in [-0.4, -0.2) is 10.1 Å². The minimum absolute atomic E-state index is 0.671. The Hall–Kier alpha value is -1.23. The molecule has 1 unspecified atom stereocenters. The zero-order chi connectivity index (χ0) is 14.1. The Morgan fingerprint density at radius 1 is 1.00 bits per heavy atom. The number of pyridine rings is 1. The van der Waals surface area contributed by atoms with Crippen LogP contribution >= 0.6 is 31.9 Å². The minimum Gasteiger partial charge on any atom is -0.384 e. The van der Waals surface area contributed by atoms with Crippen molar-refractivity contribution in [1.29, 1.82) is 0 Å². The smallest absolute Gasteiger partial charge is 0.105 e. The van der Waals surface area contributed by atoms with Crippen LogP contribution < -0.4 is 0 Å². The van der Waals surface area contributed by atoms with Crippen molar-refractivity contribution in [1.82, 2.24) is 4.98 Å². The molecule has 2 nitrogen and oxygen atoms in total. The van der Waals surface area contributed by atoms with E-state index in [0.29, 0.717) is 0 Å². The average molecular weight is 393 g/mol. The lowest BCUT2D eigenvalue weighted by atomic mass is 9.97. The largest absolute Gasteiger partial charge is 0.384 e. The normalized spacial score (nSPS) is 12.6. The number of hydrogen-bond donors (Lipinski definition) is 1. The Bertz CT molecular complexity index is 748. The van der Waals surface area contributed by atoms with Gasteiger partial charge in [0.05, 0.1) is 0 Å². The van der Waals surface area contributed by atoms with Crippen molar-refractivity contribution in [2.24, 2.45) is 0 Å². The molecule has 4 heteroatoms. The second-order valence-electron chi connectivity index (χ2n) is 4.55. The third kappa shape index (κ3) is 2.64. The summed E-state index contributed by atoms with van der Waals surface area (Å²) >= 11 is 6.90. The lowest BCUT2D eigenvalue weighted by Gasteiger charge is -2.15. The molecule has 2 aromatic carbocycles. The van der Waals surface area contributed by atoms with Crippen LogP contribution in [0.5, 0.6) is 0 Å². The molecule has 100 valence electrons. The first-order valence-corrected chi connectivity index (χ1v) is 7.70. The number of nitrogens with zero attached hydrogens (tertiary/aromatic N) is 1. The highest BCUT2D eigenvalue weighted by Crippen LogP contribution is 2.31. The fourth-order valence-corrected chi connectivity index (χ4v) is 3.63. The van der Waals surface area contributed by atoms with Crippen molar-refractivity contribution < 1.29 is 5.11 Å². The maximum atomic E-state index is 10.7. The van der Waals surface area contributed by atoms with Gasteiger partial charge >= 0.3 is 0 Å². The van der Waals surface area contributed by atoms with E-state index in [-0.39, 0.29) is 0 Å². The van der Waals surface area contributed by atoms with Gasteiger partial charge in [-0.3, -0.25) is 4.98 Å². The van der Waals surface area contributed by atoms with Crippen molar-refractivity contribution >= 4 is 42.6 Å². The third-order valence-corrected chi connectivity index (χ3v) is 4.13. The molecule has 0 radical (unpaired) electrons. The summed E-state index contributed by atoms with van der Waals surface area (Å²) in [7, 11) is 0. The van der Waals surface area contributed by atoms with Gasteiger partial charge in [0, 0.05) is 26.7 Å². The topological polar surface area (TPSA) is 33.1 Å². The van der Waals surface area contributed by atoms with Gasteiger partial charge in [-0.25, -0.2) is 0 Å². The summed E-state index contributed by atoms with van der Waals surface area (Å²) in [5.41, 5.74) is 1.73. The fraction of sp³-hybridized carbons (Fsp3) is 0.0625. The number of aliphatic hydroxyl groups is 1. The predicted molar refractivity (Wildman–Crippen MR) is 87.6 cm³/mol. The summed E-state index contributed by atoms with van der Waals surface area (Å²) in [6.07, 6.45) is 2.88. The summed E-state index contributed by atoms with van der Waals surface area (Å²) in [5, 5.41) is 12.7. The van der Waals surface area contributed by atoms with Crippen LogP contribution in [0, 0.1) is 0 Å². The maximum absolute atomic E-state index is 10.7. The first-order valence-electron chi connectivity index (χ1n) is 6.12. The number of hydrogen-bond acceptors (Lipinski definition) is 2. The van der Waals surface area contributed by atoms with Crippen LogP contribution in [0.3, 0.4) is 0 Å². The van der Waals surface area contributed by atoms with Crippen molar-refractivity contribution in [3.05, 3.63) is 74.9 Å². The van der Waals surface area contributed by atoms with Gasteiger partial charge in [0.2, 0.25) is 0 Å². The van der Waals surface area contributed by atoms with E-state index < -0.39 is 6.10 Å². The number of fused-ring (bicyclic) bond motifs is 1. The number of benzene rings is 2. The molecule has 1 N–H and O–H groups in total. The van der Waals surface area contributed by atoms with E-state index in [2.05, 4.69) is 36.8 Å². The highest BCUT2D eigenvalue weighted by Gasteiger charge is 2.14. The minimum atomic E-state index is -0.671. The molecular formula is C16H11Br2NO. The second kappa shape index (κ2) is 5.64. The van der Waals surface area contributed by atoms with Crippen LogP contribution in [0.2, 0.25) is 0 Å². The molecule has 0 bridgehead atoms. The molecule has 0 saturated heterocycles. The second-order valence-corrected chi connectivity index (χ2v) is 6.38. The highest BCUT2D eigenvalue weighted by atomic mass is 79.9. The lowest BCUT2D eigenvalue weighted by Crippen LogP contribution is -2.01. The van der Waals surface area contributed by atoms with Gasteiger partial charge in [-0.2, -0.15) is 0 Å². The summed E-state index contributed by atoms with van der Waals surface area (Å²) < 4.78 is 1.87. The first kappa shape index (κ1) is 13.7. The van der Waals surface area contributed by atoms with E-state index in [0.717, 1.165) is 30.8 Å². The zero-order valence-corrected chi connectivity index (χ0v) is 13.6. The van der Waals surface area contributed by atoms with Crippen molar-refractivity contribution in [2.45, 2.75) is 6.10 Å². The summed E-state index contributed by atoms with van der Waals surface area (Å²) in [6, 6.07) is 13.6. The third-order valence-electron chi connectivity index (χ3n) is 3.21. The monoisotopic (exact) mass is 391 g/mol. The molecule has 0 aliphatic heterocycles. The van der Waals surface area contributed by atoms with Crippen molar-refractivity contribution in [3.8, 4) is 0 Å². The van der Waals surface area contributed by atoms with Crippen molar-refractivity contribution in [3.63, 3.8) is 0 Å². The molecule has 1 atom stereocenters. The van der Waals surface area contributed by atoms with E-state index >= 15 is 0 Å². The lowest BCUT2D eigenvalue weighted by molar-refractivity contribution is 0.222. The molecule has 0 aliphatic rings. The van der Waals surface area contributed by atoms with E-state index in [9.17, 15) is 5.11 Å². The van der Waals surface area contributed by atoms with Crippen LogP contribution in [0.15, 0.2) is 63.8 Å². The highest BCUT2D eigenvalue weighted by molar-refractivity contribution is 9.11. The molecule has 1 heterocycles. The molecule has 0 amide bonds. The molecule has 0 spiro atoms. The van der Waals surface area contributed by atoms with E-state index in [4.69, 9.17) is 0 Å². The predicted octanol–water partition coefficient (Wildman–Crippen LogP) is 4.84. The average Bonchev–Trinajstić information content (AvgIpc) is 2.45. The van der Waals surface area contributed by atoms with Gasteiger partial charge in [-0.15, -0.1) is 0 Å². The van der Waals surface area contributed by atoms with Gasteiger partial charge in [-0.1, -0.05) is 50.1 Å². The van der Waals surface area contributed by atoms with Gasteiger partial charge in [-0.05, 0) is 40.8 Å². The Kier molecular flexibility index (Phi) is 3.87. The molecule has 20 heavy (non-hydrogen) atoms. The Morgan fingerprint density at radius 3 is 2.50 bits per heavy atom. The standard InChI is InChI=1S/C16H11Br2NO/c17-12-6-11(7-13(18)8-12)16(20)15-3-1-2-10-9-19-5-4-14(10)15/h1-9,16,20H. The quantitative estimate of drug-likeness (QED) is 0.676. The van der Waals surface area contributed by atoms with E-state index in [1.165, 1.54) is 0 Å². The van der Waals surface area contributed by atoms with Gasteiger partial charge in [0.25, 0.3) is 0 Å². The van der Waals surface area contributed by atoms with Crippen LogP contribution in [0.1, 0.15) is 17.2 Å². The molecule has 3 aromatic rings. The Balaban J connectivity index is 2.15.